The van der Waals surface area contributed by atoms with E-state index < -0.39 is 0 Å². The molecule has 56 heavy (non-hydrogen) atoms. The summed E-state index contributed by atoms with van der Waals surface area (Å²) in [7, 11) is 0. The molecule has 0 spiro atoms. The highest BCUT2D eigenvalue weighted by Crippen LogP contribution is 2.37. The van der Waals surface area contributed by atoms with Crippen molar-refractivity contribution in [2.24, 2.45) is 0 Å². The number of nitrogens with zero attached hydrogens (tertiary/aromatic N) is 4. The highest BCUT2D eigenvalue weighted by molar-refractivity contribution is 6.05. The van der Waals surface area contributed by atoms with Gasteiger partial charge < -0.3 is 8.98 Å². The molecule has 0 saturated heterocycles. The van der Waals surface area contributed by atoms with E-state index in [0.717, 1.165) is 62.7 Å². The molecule has 0 N–H and O–H groups in total. The summed E-state index contributed by atoms with van der Waals surface area (Å²) in [6.07, 6.45) is 17.4. The van der Waals surface area contributed by atoms with Crippen LogP contribution in [0.15, 0.2) is 174 Å². The molecule has 2 aliphatic carbocycles. The van der Waals surface area contributed by atoms with Gasteiger partial charge in [0.1, 0.15) is 11.2 Å². The van der Waals surface area contributed by atoms with E-state index >= 15 is 0 Å². The zero-order valence-corrected chi connectivity index (χ0v) is 30.4. The zero-order valence-electron chi connectivity index (χ0n) is 30.4. The van der Waals surface area contributed by atoms with Crippen LogP contribution in [0.4, 0.5) is 0 Å². The minimum absolute atomic E-state index is 0.590. The minimum atomic E-state index is 0.590. The van der Waals surface area contributed by atoms with Crippen molar-refractivity contribution in [2.75, 3.05) is 0 Å². The Morgan fingerprint density at radius 2 is 1.23 bits per heavy atom. The topological polar surface area (TPSA) is 56.7 Å². The van der Waals surface area contributed by atoms with Crippen molar-refractivity contribution in [3.05, 3.63) is 198 Å². The third-order valence-corrected chi connectivity index (χ3v) is 10.9. The summed E-state index contributed by atoms with van der Waals surface area (Å²) in [5.74, 6) is 1.81. The van der Waals surface area contributed by atoms with Crippen LogP contribution in [0.5, 0.6) is 0 Å². The van der Waals surface area contributed by atoms with Crippen LogP contribution in [-0.4, -0.2) is 19.5 Å². The second-order valence-corrected chi connectivity index (χ2v) is 14.4. The molecule has 5 heteroatoms. The number of furan rings is 1. The molecule has 5 nitrogen and oxygen atoms in total. The lowest BCUT2D eigenvalue weighted by molar-refractivity contribution is 0.669. The molecule has 0 aliphatic heterocycles. The monoisotopic (exact) mass is 718 g/mol. The van der Waals surface area contributed by atoms with E-state index in [9.17, 15) is 0 Å². The molecule has 3 heterocycles. The summed E-state index contributed by atoms with van der Waals surface area (Å²) in [5.41, 5.74) is 14.1. The summed E-state index contributed by atoms with van der Waals surface area (Å²) < 4.78 is 8.66. The fourth-order valence-corrected chi connectivity index (χ4v) is 8.20. The Morgan fingerprint density at radius 3 is 2.12 bits per heavy atom. The molecule has 3 aromatic heterocycles. The van der Waals surface area contributed by atoms with Gasteiger partial charge in [-0.05, 0) is 89.2 Å². The van der Waals surface area contributed by atoms with E-state index in [0.29, 0.717) is 17.5 Å². The Balaban J connectivity index is 1.06. The highest BCUT2D eigenvalue weighted by atomic mass is 16.3. The quantitative estimate of drug-likeness (QED) is 0.178. The standard InChI is InChI=1S/C51H34N4O/c1-3-13-33-25-26-37(29-35(33)16-6-1)36-17-12-22-42-41-20-7-9-23-45(41)55(46(42)31-36)40-19-11-18-38(30-40)50-52-49(34-14-4-2-5-15-34)53-51(54-50)39-27-28-44-43-21-8-10-24-47(43)56-48(44)32-39/h1-12,14-21,23-32H,13,22H2. The van der Waals surface area contributed by atoms with E-state index in [1.807, 2.05) is 54.6 Å². The van der Waals surface area contributed by atoms with E-state index in [2.05, 4.69) is 132 Å². The summed E-state index contributed by atoms with van der Waals surface area (Å²) in [6, 6.07) is 48.6. The van der Waals surface area contributed by atoms with Crippen LogP contribution in [-0.2, 0) is 12.8 Å². The van der Waals surface area contributed by atoms with Gasteiger partial charge in [0, 0.05) is 38.5 Å². The third kappa shape index (κ3) is 5.52. The van der Waals surface area contributed by atoms with Crippen LogP contribution in [0.3, 0.4) is 0 Å². The molecule has 0 saturated carbocycles. The lowest BCUT2D eigenvalue weighted by Crippen LogP contribution is -2.02. The second kappa shape index (κ2) is 13.2. The Morgan fingerprint density at radius 1 is 0.500 bits per heavy atom. The van der Waals surface area contributed by atoms with Crippen LogP contribution >= 0.6 is 0 Å². The van der Waals surface area contributed by atoms with Gasteiger partial charge in [0.15, 0.2) is 17.5 Å². The normalized spacial score (nSPS) is 13.5. The Bertz CT molecular complexity index is 3140. The van der Waals surface area contributed by atoms with Crippen LogP contribution in [0, 0.1) is 0 Å². The molecule has 0 unspecified atom stereocenters. The van der Waals surface area contributed by atoms with Gasteiger partial charge in [-0.15, -0.1) is 0 Å². The highest BCUT2D eigenvalue weighted by Gasteiger charge is 2.20. The van der Waals surface area contributed by atoms with E-state index in [-0.39, 0.29) is 0 Å². The lowest BCUT2D eigenvalue weighted by atomic mass is 9.97. The smallest absolute Gasteiger partial charge is 0.164 e. The van der Waals surface area contributed by atoms with E-state index in [1.165, 1.54) is 38.9 Å². The van der Waals surface area contributed by atoms with Gasteiger partial charge in [-0.2, -0.15) is 0 Å². The molecular weight excluding hydrogens is 685 g/mol. The molecule has 11 rings (SSSR count). The van der Waals surface area contributed by atoms with Gasteiger partial charge in [0.25, 0.3) is 0 Å². The Labute approximate surface area is 324 Å². The summed E-state index contributed by atoms with van der Waals surface area (Å²) in [5, 5.41) is 3.41. The van der Waals surface area contributed by atoms with Gasteiger partial charge in [-0.3, -0.25) is 0 Å². The molecule has 2 aliphatic rings. The van der Waals surface area contributed by atoms with Gasteiger partial charge in [0.2, 0.25) is 0 Å². The predicted molar refractivity (Wildman–Crippen MR) is 229 cm³/mol. The van der Waals surface area contributed by atoms with E-state index in [4.69, 9.17) is 19.4 Å². The first-order valence-electron chi connectivity index (χ1n) is 19.0. The summed E-state index contributed by atoms with van der Waals surface area (Å²) >= 11 is 0. The molecular formula is C51H34N4O. The molecule has 0 fully saturated rings. The van der Waals surface area contributed by atoms with Gasteiger partial charge in [0.05, 0.1) is 11.2 Å². The molecule has 264 valence electrons. The van der Waals surface area contributed by atoms with E-state index in [1.54, 1.807) is 0 Å². The van der Waals surface area contributed by atoms with Crippen molar-refractivity contribution in [3.8, 4) is 39.9 Å². The van der Waals surface area contributed by atoms with Crippen molar-refractivity contribution in [1.82, 2.24) is 19.5 Å². The third-order valence-electron chi connectivity index (χ3n) is 10.9. The number of hydrogen-bond donors (Lipinski definition) is 0. The molecule has 9 aromatic rings. The summed E-state index contributed by atoms with van der Waals surface area (Å²) in [4.78, 5) is 15.2. The maximum Gasteiger partial charge on any atom is 0.164 e. The first-order chi connectivity index (χ1) is 27.7. The second-order valence-electron chi connectivity index (χ2n) is 14.4. The fourth-order valence-electron chi connectivity index (χ4n) is 8.20. The van der Waals surface area contributed by atoms with Crippen molar-refractivity contribution in [2.45, 2.75) is 12.8 Å². The molecule has 0 radical (unpaired) electrons. The number of hydrogen-bond acceptors (Lipinski definition) is 4. The Kier molecular flexibility index (Phi) is 7.56. The average Bonchev–Trinajstić information content (AvgIpc) is 3.54. The number of fused-ring (bicyclic) bond motifs is 7. The van der Waals surface area contributed by atoms with Crippen molar-refractivity contribution >= 4 is 50.6 Å². The number of benzene rings is 6. The predicted octanol–water partition coefficient (Wildman–Crippen LogP) is 12.5. The first kappa shape index (κ1) is 32.1. The SMILES string of the molecule is C1=CCc2ccc(C3=Cc4c(c5ccccc5n4-c4cccc(-c5nc(-c6ccccc6)nc(-c6ccc7c(c6)oc6ccccc67)n5)c4)CC=C3)cc2C=C1. The fraction of sp³-hybridized carbons (Fsp3) is 0.0392. The number of para-hydroxylation sites is 2. The van der Waals surface area contributed by atoms with Crippen molar-refractivity contribution in [1.29, 1.82) is 0 Å². The van der Waals surface area contributed by atoms with Gasteiger partial charge >= 0.3 is 0 Å². The van der Waals surface area contributed by atoms with Crippen LogP contribution in [0.2, 0.25) is 0 Å². The van der Waals surface area contributed by atoms with Crippen molar-refractivity contribution < 1.29 is 4.42 Å². The maximum atomic E-state index is 6.27. The lowest BCUT2D eigenvalue weighted by Gasteiger charge is -2.13. The van der Waals surface area contributed by atoms with Crippen LogP contribution in [0.25, 0.3) is 90.4 Å². The Hall–Kier alpha value is -7.37. The van der Waals surface area contributed by atoms with Gasteiger partial charge in [-0.25, -0.2) is 15.0 Å². The van der Waals surface area contributed by atoms with Gasteiger partial charge in [-0.1, -0.05) is 134 Å². The minimum Gasteiger partial charge on any atom is -0.456 e. The molecule has 0 bridgehead atoms. The van der Waals surface area contributed by atoms with Crippen LogP contribution in [0.1, 0.15) is 27.9 Å². The number of allylic oxidation sites excluding steroid dienone is 6. The molecule has 0 amide bonds. The average molecular weight is 719 g/mol. The largest absolute Gasteiger partial charge is 0.456 e. The maximum absolute atomic E-state index is 6.27. The zero-order chi connectivity index (χ0) is 37.0. The molecule has 6 aromatic carbocycles. The number of rotatable bonds is 5. The van der Waals surface area contributed by atoms with Crippen LogP contribution < -0.4 is 0 Å². The molecule has 0 atom stereocenters. The first-order valence-corrected chi connectivity index (χ1v) is 19.0. The summed E-state index contributed by atoms with van der Waals surface area (Å²) in [6.45, 7) is 0. The number of aromatic nitrogens is 4. The van der Waals surface area contributed by atoms with Crippen molar-refractivity contribution in [3.63, 3.8) is 0 Å².